The van der Waals surface area contributed by atoms with Crippen LogP contribution in [0.3, 0.4) is 0 Å². The third-order valence-electron chi connectivity index (χ3n) is 16.8. The van der Waals surface area contributed by atoms with E-state index in [-0.39, 0.29) is 108 Å². The topological polar surface area (TPSA) is 532 Å². The minimum absolute atomic E-state index is 0.00470. The predicted octanol–water partition coefficient (Wildman–Crippen LogP) is 2.43. The first-order valence-electron chi connectivity index (χ1n) is 38.1. The number of primary amides is 1. The average Bonchev–Trinajstić information content (AvgIpc) is 0.796. The van der Waals surface area contributed by atoms with Gasteiger partial charge in [-0.1, -0.05) is 12.8 Å². The molecule has 0 saturated carbocycles. The highest BCUT2D eigenvalue weighted by molar-refractivity contribution is 8.00. The fraction of sp³-hybridized carbons (Fsp3) is 0.757. The Labute approximate surface area is 691 Å². The van der Waals surface area contributed by atoms with Crippen molar-refractivity contribution < 1.29 is 162 Å². The molecule has 0 aromatic rings. The van der Waals surface area contributed by atoms with Gasteiger partial charge in [-0.05, 0) is 72.1 Å². The summed E-state index contributed by atoms with van der Waals surface area (Å²) >= 11 is 2.86. The van der Waals surface area contributed by atoms with Gasteiger partial charge in [-0.3, -0.25) is 81.5 Å². The molecule has 43 heteroatoms. The van der Waals surface area contributed by atoms with Crippen LogP contribution < -0.4 is 27.0 Å². The van der Waals surface area contributed by atoms with E-state index in [0.717, 1.165) is 118 Å². The molecule has 0 spiro atoms. The third-order valence-corrected chi connectivity index (χ3v) is 20.2. The number of esters is 12. The minimum Gasteiger partial charge on any atom is -0.463 e. The number of nitrogens with one attached hydrogen (secondary N) is 4. The molecule has 0 aromatic heterocycles. The molecule has 40 nitrogen and oxygen atoms in total. The Balaban J connectivity index is 1.97. The maximum absolute atomic E-state index is 15.4. The summed E-state index contributed by atoms with van der Waals surface area (Å²) in [7, 11) is 0. The molecule has 662 valence electrons. The number of nitrogens with two attached hydrogens (primary N) is 1. The second kappa shape index (κ2) is 52.9. The normalized spacial score (nSPS) is 23.3. The number of rotatable bonds is 48. The van der Waals surface area contributed by atoms with Gasteiger partial charge in [0.2, 0.25) is 29.5 Å². The second-order valence-corrected chi connectivity index (χ2v) is 31.8. The minimum atomic E-state index is -1.52. The zero-order valence-electron chi connectivity index (χ0n) is 68.7. The van der Waals surface area contributed by atoms with Gasteiger partial charge in [-0.15, -0.1) is 35.3 Å². The summed E-state index contributed by atoms with van der Waals surface area (Å²) < 4.78 is 89.0. The molecule has 3 aliphatic heterocycles. The van der Waals surface area contributed by atoms with Crippen LogP contribution in [0.15, 0.2) is 0 Å². The van der Waals surface area contributed by atoms with Gasteiger partial charge >= 0.3 is 77.7 Å². The summed E-state index contributed by atoms with van der Waals surface area (Å²) in [6.45, 7) is 16.9. The number of nitrogens with zero attached hydrogens (tertiary/aromatic N) is 1. The molecule has 3 rings (SSSR count). The molecule has 6 N–H and O–H groups in total. The lowest BCUT2D eigenvalue weighted by molar-refractivity contribution is -0.237. The molecule has 0 aliphatic carbocycles. The third kappa shape index (κ3) is 40.5. The van der Waals surface area contributed by atoms with Crippen molar-refractivity contribution in [1.82, 2.24) is 26.2 Å². The number of hydrogen-bond acceptors (Lipinski definition) is 37. The van der Waals surface area contributed by atoms with Crippen molar-refractivity contribution in [2.75, 3.05) is 63.3 Å². The Kier molecular flexibility index (Phi) is 46.3. The number of unbranched alkanes of at least 4 members (excludes halogenated alkanes) is 5. The maximum atomic E-state index is 15.4. The number of carbonyl (C=O) groups excluding carboxylic acids is 18. The Morgan fingerprint density at radius 2 is 0.667 bits per heavy atom. The zero-order valence-corrected chi connectivity index (χ0v) is 71.2. The van der Waals surface area contributed by atoms with Crippen molar-refractivity contribution in [2.45, 2.75) is 295 Å². The average molecular weight is 1730 g/mol. The standard InChI is InChI=1S/C74H114N6O34S3/c1-39(81)99-36-53-59(102-42(4)84)62(105-45(7)87)65(108-48(10)90)70(111-53)115-33-26-56(93)76-29-21-18-24-51(79-58(95)28-35-117-72-67(110-50(12)92)64(107-47(9)89)61(104-44(6)86)55(113-72)38-101-41(3)83)69(97)80(32-23-17-16-20-31-78-73(98)114-74(13,14)15)52(68(75)96)25-19-22-30-77-57(94)27-34-116-71-66(109-49(11)91)63(106-46(8)88)60(103-43(5)85)54(112-71)37-100-40(2)82/h51-55,59-67,70-72H,16-38H2,1-15H3,(H2,75,96)(H,76,93)(H,77,94)(H,78,98)(H,79,95)/t51-,52-,53+,54+,55+,59+,60+,61+,62-,63-,64-,65-,66-,67-,70+,71+,72+/m0/s1. The quantitative estimate of drug-likeness (QED) is 0.0332. The van der Waals surface area contributed by atoms with Crippen LogP contribution in [0.4, 0.5) is 4.79 Å². The first kappa shape index (κ1) is 102. The number of amides is 6. The van der Waals surface area contributed by atoms with Crippen LogP contribution in [0.25, 0.3) is 0 Å². The van der Waals surface area contributed by atoms with Crippen LogP contribution in [0, 0.1) is 0 Å². The van der Waals surface area contributed by atoms with Gasteiger partial charge in [0.15, 0.2) is 54.9 Å². The van der Waals surface area contributed by atoms with Gasteiger partial charge in [-0.25, -0.2) is 4.79 Å². The van der Waals surface area contributed by atoms with Crippen LogP contribution in [0.1, 0.15) is 187 Å². The molecule has 0 bridgehead atoms. The van der Waals surface area contributed by atoms with Crippen LogP contribution >= 0.6 is 35.3 Å². The number of ether oxygens (including phenoxy) is 16. The van der Waals surface area contributed by atoms with E-state index >= 15 is 4.79 Å². The Hall–Kier alpha value is -8.81. The summed E-state index contributed by atoms with van der Waals surface area (Å²) in [5, 5.41) is 11.1. The van der Waals surface area contributed by atoms with E-state index in [1.54, 1.807) is 20.8 Å². The van der Waals surface area contributed by atoms with E-state index in [2.05, 4.69) is 21.3 Å². The van der Waals surface area contributed by atoms with E-state index in [1.165, 1.54) is 4.90 Å². The first-order valence-corrected chi connectivity index (χ1v) is 41.3. The lowest BCUT2D eigenvalue weighted by atomic mass is 9.99. The van der Waals surface area contributed by atoms with Crippen molar-refractivity contribution >= 4 is 143 Å². The van der Waals surface area contributed by atoms with E-state index < -0.39 is 234 Å². The van der Waals surface area contributed by atoms with Crippen molar-refractivity contribution in [3.63, 3.8) is 0 Å². The SMILES string of the molecule is CC(=O)OC[C@H]1O[C@H](SCCC(=O)NCCCC[C@H](NC(=O)CCS[C@H]2O[C@H](COC(C)=O)[C@@H](OC(C)=O)[C@H](OC(C)=O)[C@@H]2OC(C)=O)C(=O)N(CCCCCCNC(=O)OC(C)(C)C)[C@@H](CCCCNC(=O)CCS[C@H]2O[C@H](COC(C)=O)[C@@H](OC(C)=O)[C@H](OC(C)=O)[C@@H]2OC(C)=O)C(N)=O)[C@@H](OC(C)=O)[C@@H](OC(C)=O)[C@@H]1OC(C)=O. The predicted molar refractivity (Wildman–Crippen MR) is 410 cm³/mol. The summed E-state index contributed by atoms with van der Waals surface area (Å²) in [6.07, 6.45) is -15.7. The summed E-state index contributed by atoms with van der Waals surface area (Å²) in [5.74, 6) is -13.2. The molecule has 3 fully saturated rings. The number of hydrogen-bond donors (Lipinski definition) is 5. The highest BCUT2D eigenvalue weighted by atomic mass is 32.2. The molecular weight excluding hydrogens is 1610 g/mol. The maximum Gasteiger partial charge on any atom is 0.407 e. The molecule has 0 radical (unpaired) electrons. The van der Waals surface area contributed by atoms with Crippen LogP contribution in [0.5, 0.6) is 0 Å². The second-order valence-electron chi connectivity index (χ2n) is 28.2. The number of carbonyl (C=O) groups is 18. The van der Waals surface area contributed by atoms with Crippen molar-refractivity contribution in [1.29, 1.82) is 0 Å². The number of alkyl carbamates (subject to hydrolysis) is 1. The van der Waals surface area contributed by atoms with Gasteiger partial charge < -0.3 is 108 Å². The summed E-state index contributed by atoms with van der Waals surface area (Å²) in [4.78, 5) is 232. The lowest BCUT2D eigenvalue weighted by Crippen LogP contribution is -2.61. The van der Waals surface area contributed by atoms with E-state index in [1.807, 2.05) is 0 Å². The molecular formula is C74H114N6O34S3. The van der Waals surface area contributed by atoms with Gasteiger partial charge in [0.1, 0.15) is 72.1 Å². The Bertz CT molecular complexity index is 3380. The van der Waals surface area contributed by atoms with Crippen molar-refractivity contribution in [3.05, 3.63) is 0 Å². The molecule has 0 unspecified atom stereocenters. The molecule has 117 heavy (non-hydrogen) atoms. The van der Waals surface area contributed by atoms with Gasteiger partial charge in [0, 0.05) is 146 Å². The van der Waals surface area contributed by atoms with Gasteiger partial charge in [-0.2, -0.15) is 0 Å². The van der Waals surface area contributed by atoms with Crippen LogP contribution in [-0.2, 0) is 157 Å². The van der Waals surface area contributed by atoms with Gasteiger partial charge in [0.25, 0.3) is 0 Å². The van der Waals surface area contributed by atoms with Crippen molar-refractivity contribution in [2.24, 2.45) is 5.73 Å². The fourth-order valence-corrected chi connectivity index (χ4v) is 15.7. The highest BCUT2D eigenvalue weighted by Gasteiger charge is 2.55. The van der Waals surface area contributed by atoms with Crippen LogP contribution in [-0.4, -0.2) is 283 Å². The molecule has 3 heterocycles. The Morgan fingerprint density at radius 3 is 0.991 bits per heavy atom. The molecule has 3 saturated heterocycles. The molecule has 3 aliphatic rings. The Morgan fingerprint density at radius 1 is 0.368 bits per heavy atom. The molecule has 0 aromatic carbocycles. The molecule has 6 amide bonds. The van der Waals surface area contributed by atoms with E-state index in [9.17, 15) is 81.5 Å². The summed E-state index contributed by atoms with van der Waals surface area (Å²) in [6, 6.07) is -2.72. The lowest BCUT2D eigenvalue weighted by Gasteiger charge is -2.44. The van der Waals surface area contributed by atoms with E-state index in [0.29, 0.717) is 19.3 Å². The van der Waals surface area contributed by atoms with Crippen LogP contribution in [0.2, 0.25) is 0 Å². The smallest absolute Gasteiger partial charge is 0.407 e. The zero-order chi connectivity index (χ0) is 87.8. The number of thioether (sulfide) groups is 3. The molecule has 17 atom stereocenters. The highest BCUT2D eigenvalue weighted by Crippen LogP contribution is 2.38. The summed E-state index contributed by atoms with van der Waals surface area (Å²) in [5.41, 5.74) is 1.82. The van der Waals surface area contributed by atoms with Gasteiger partial charge in [0.05, 0.1) is 0 Å². The monoisotopic (exact) mass is 1730 g/mol. The fourth-order valence-electron chi connectivity index (χ4n) is 12.2. The largest absolute Gasteiger partial charge is 0.463 e. The van der Waals surface area contributed by atoms with Crippen molar-refractivity contribution in [3.8, 4) is 0 Å². The van der Waals surface area contributed by atoms with E-state index in [4.69, 9.17) is 81.5 Å². The first-order chi connectivity index (χ1) is 55.0.